The second-order valence-electron chi connectivity index (χ2n) is 2.14. The fraction of sp³-hybridized carbons (Fsp3) is 0.286. The van der Waals surface area contributed by atoms with Gasteiger partial charge in [0, 0.05) is 18.9 Å². The minimum atomic E-state index is -0.787. The maximum Gasteiger partial charge on any atom is 0.305 e. The summed E-state index contributed by atoms with van der Waals surface area (Å²) >= 11 is 0. The van der Waals surface area contributed by atoms with Crippen molar-refractivity contribution in [2.24, 2.45) is 0 Å². The molecule has 0 aromatic carbocycles. The van der Waals surface area contributed by atoms with Crippen molar-refractivity contribution in [3.8, 4) is 0 Å². The Labute approximate surface area is 64.4 Å². The smallest absolute Gasteiger partial charge is 0.305 e. The Hall–Kier alpha value is -1.45. The van der Waals surface area contributed by atoms with E-state index in [-0.39, 0.29) is 6.42 Å². The number of carboxylic acids is 1. The average molecular weight is 154 g/mol. The molecule has 1 aromatic heterocycles. The van der Waals surface area contributed by atoms with E-state index in [0.717, 1.165) is 0 Å². The summed E-state index contributed by atoms with van der Waals surface area (Å²) < 4.78 is 1.73. The van der Waals surface area contributed by atoms with E-state index in [1.54, 1.807) is 4.68 Å². The van der Waals surface area contributed by atoms with Crippen LogP contribution < -0.4 is 5.43 Å². The van der Waals surface area contributed by atoms with Gasteiger partial charge in [0.2, 0.25) is 0 Å². The summed E-state index contributed by atoms with van der Waals surface area (Å²) in [7, 11) is 0. The third kappa shape index (κ3) is 2.75. The first-order valence-electron chi connectivity index (χ1n) is 3.37. The fourth-order valence-corrected chi connectivity index (χ4v) is 0.732. The lowest BCUT2D eigenvalue weighted by Gasteiger charge is -2.03. The lowest BCUT2D eigenvalue weighted by molar-refractivity contribution is -0.136. The normalized spacial score (nSPS) is 9.45. The standard InChI is InChI=1S/C7H10N2O2/c10-7(11)3-4-8-9-5-1-2-6-9/h1-2,5-6,8H,3-4H2,(H,10,11). The number of hydrogen-bond donors (Lipinski definition) is 2. The number of aromatic nitrogens is 1. The second-order valence-corrected chi connectivity index (χ2v) is 2.14. The van der Waals surface area contributed by atoms with Gasteiger partial charge in [0.05, 0.1) is 6.42 Å². The van der Waals surface area contributed by atoms with E-state index < -0.39 is 5.97 Å². The van der Waals surface area contributed by atoms with Gasteiger partial charge in [-0.05, 0) is 12.1 Å². The van der Waals surface area contributed by atoms with Crippen LogP contribution in [0.15, 0.2) is 24.5 Å². The molecule has 0 fully saturated rings. The molecule has 0 saturated heterocycles. The zero-order chi connectivity index (χ0) is 8.10. The molecule has 0 aliphatic heterocycles. The van der Waals surface area contributed by atoms with Gasteiger partial charge in [0.1, 0.15) is 0 Å². The predicted octanol–water partition coefficient (Wildman–Crippen LogP) is 0.506. The van der Waals surface area contributed by atoms with Gasteiger partial charge in [-0.2, -0.15) is 0 Å². The highest BCUT2D eigenvalue weighted by molar-refractivity contribution is 5.67. The van der Waals surface area contributed by atoms with Crippen molar-refractivity contribution in [2.45, 2.75) is 6.42 Å². The van der Waals surface area contributed by atoms with E-state index in [0.29, 0.717) is 6.54 Å². The number of hydrogen-bond acceptors (Lipinski definition) is 2. The Morgan fingerprint density at radius 1 is 1.45 bits per heavy atom. The Morgan fingerprint density at radius 3 is 2.64 bits per heavy atom. The molecule has 0 aliphatic carbocycles. The molecule has 60 valence electrons. The van der Waals surface area contributed by atoms with Crippen LogP contribution in [0.4, 0.5) is 0 Å². The zero-order valence-electron chi connectivity index (χ0n) is 6.03. The molecule has 0 aliphatic rings. The van der Waals surface area contributed by atoms with Crippen LogP contribution in [0, 0.1) is 0 Å². The second kappa shape index (κ2) is 3.65. The molecule has 0 unspecified atom stereocenters. The van der Waals surface area contributed by atoms with Gasteiger partial charge in [-0.1, -0.05) is 0 Å². The van der Waals surface area contributed by atoms with Gasteiger partial charge in [-0.15, -0.1) is 0 Å². The van der Waals surface area contributed by atoms with E-state index >= 15 is 0 Å². The zero-order valence-corrected chi connectivity index (χ0v) is 6.03. The summed E-state index contributed by atoms with van der Waals surface area (Å²) in [4.78, 5) is 10.1. The molecule has 11 heavy (non-hydrogen) atoms. The summed E-state index contributed by atoms with van der Waals surface area (Å²) in [5, 5.41) is 8.29. The summed E-state index contributed by atoms with van der Waals surface area (Å²) in [6.07, 6.45) is 3.78. The lowest BCUT2D eigenvalue weighted by atomic mass is 10.4. The third-order valence-electron chi connectivity index (χ3n) is 1.24. The number of aliphatic carboxylic acids is 1. The molecule has 1 rings (SSSR count). The predicted molar refractivity (Wildman–Crippen MR) is 40.9 cm³/mol. The van der Waals surface area contributed by atoms with Crippen molar-refractivity contribution >= 4 is 5.97 Å². The number of carboxylic acid groups (broad SMARTS) is 1. The van der Waals surface area contributed by atoms with Crippen LogP contribution in [-0.4, -0.2) is 22.3 Å². The first-order valence-corrected chi connectivity index (χ1v) is 3.37. The van der Waals surface area contributed by atoms with E-state index in [1.807, 2.05) is 24.5 Å². The van der Waals surface area contributed by atoms with E-state index in [9.17, 15) is 4.79 Å². The van der Waals surface area contributed by atoms with Gasteiger partial charge < -0.3 is 10.5 Å². The number of nitrogens with one attached hydrogen (secondary N) is 1. The molecule has 2 N–H and O–H groups in total. The highest BCUT2D eigenvalue weighted by atomic mass is 16.4. The van der Waals surface area contributed by atoms with Gasteiger partial charge in [-0.25, -0.2) is 0 Å². The molecule has 0 atom stereocenters. The first kappa shape index (κ1) is 7.65. The number of nitrogens with zero attached hydrogens (tertiary/aromatic N) is 1. The van der Waals surface area contributed by atoms with Crippen LogP contribution in [0.1, 0.15) is 6.42 Å². The van der Waals surface area contributed by atoms with Gasteiger partial charge in [0.25, 0.3) is 0 Å². The highest BCUT2D eigenvalue weighted by Gasteiger charge is 1.93. The summed E-state index contributed by atoms with van der Waals surface area (Å²) in [5.74, 6) is -0.787. The maximum absolute atomic E-state index is 10.1. The van der Waals surface area contributed by atoms with Crippen LogP contribution in [0.5, 0.6) is 0 Å². The van der Waals surface area contributed by atoms with E-state index in [4.69, 9.17) is 5.11 Å². The van der Waals surface area contributed by atoms with Crippen molar-refractivity contribution < 1.29 is 9.90 Å². The molecule has 0 amide bonds. The maximum atomic E-state index is 10.1. The summed E-state index contributed by atoms with van der Waals surface area (Å²) in [6, 6.07) is 3.74. The molecule has 0 bridgehead atoms. The molecule has 1 aromatic rings. The molecule has 4 heteroatoms. The van der Waals surface area contributed by atoms with Crippen molar-refractivity contribution in [3.05, 3.63) is 24.5 Å². The van der Waals surface area contributed by atoms with Crippen molar-refractivity contribution in [3.63, 3.8) is 0 Å². The topological polar surface area (TPSA) is 54.3 Å². The van der Waals surface area contributed by atoms with Crippen molar-refractivity contribution in [1.82, 2.24) is 4.68 Å². The average Bonchev–Trinajstić information content (AvgIpc) is 2.39. The molecular formula is C7H10N2O2. The van der Waals surface area contributed by atoms with Crippen molar-refractivity contribution in [2.75, 3.05) is 12.0 Å². The quantitative estimate of drug-likeness (QED) is 0.664. The van der Waals surface area contributed by atoms with Crippen LogP contribution >= 0.6 is 0 Å². The lowest BCUT2D eigenvalue weighted by Crippen LogP contribution is -2.16. The van der Waals surface area contributed by atoms with Crippen LogP contribution in [0.3, 0.4) is 0 Å². The van der Waals surface area contributed by atoms with Crippen molar-refractivity contribution in [1.29, 1.82) is 0 Å². The van der Waals surface area contributed by atoms with E-state index in [1.165, 1.54) is 0 Å². The Balaban J connectivity index is 2.19. The van der Waals surface area contributed by atoms with Crippen LogP contribution in [0.2, 0.25) is 0 Å². The van der Waals surface area contributed by atoms with Crippen LogP contribution in [-0.2, 0) is 4.79 Å². The minimum Gasteiger partial charge on any atom is -0.481 e. The Morgan fingerprint density at radius 2 is 2.09 bits per heavy atom. The molecule has 0 saturated carbocycles. The SMILES string of the molecule is O=C(O)CCNn1cccc1. The molecule has 1 heterocycles. The molecule has 0 spiro atoms. The third-order valence-corrected chi connectivity index (χ3v) is 1.24. The Bertz CT molecular complexity index is 218. The minimum absolute atomic E-state index is 0.137. The highest BCUT2D eigenvalue weighted by Crippen LogP contribution is 1.85. The molecule has 0 radical (unpaired) electrons. The molecule has 4 nitrogen and oxygen atoms in total. The monoisotopic (exact) mass is 154 g/mol. The fourth-order valence-electron chi connectivity index (χ4n) is 0.732. The molecular weight excluding hydrogens is 144 g/mol. The largest absolute Gasteiger partial charge is 0.481 e. The number of carbonyl (C=O) groups is 1. The summed E-state index contributed by atoms with van der Waals surface area (Å²) in [5.41, 5.74) is 2.89. The van der Waals surface area contributed by atoms with Gasteiger partial charge in [-0.3, -0.25) is 9.47 Å². The first-order chi connectivity index (χ1) is 5.29. The van der Waals surface area contributed by atoms with Crippen LogP contribution in [0.25, 0.3) is 0 Å². The van der Waals surface area contributed by atoms with Gasteiger partial charge in [0.15, 0.2) is 0 Å². The summed E-state index contributed by atoms with van der Waals surface area (Å²) in [6.45, 7) is 0.448. The van der Waals surface area contributed by atoms with Gasteiger partial charge >= 0.3 is 5.97 Å². The Kier molecular flexibility index (Phi) is 2.54. The number of rotatable bonds is 4. The van der Waals surface area contributed by atoms with E-state index in [2.05, 4.69) is 5.43 Å².